The summed E-state index contributed by atoms with van der Waals surface area (Å²) in [5, 5.41) is 6.69. The molecule has 23 rings (SSSR count). The summed E-state index contributed by atoms with van der Waals surface area (Å²) in [6.07, 6.45) is 9.51. The topological polar surface area (TPSA) is 32.8 Å². The van der Waals surface area contributed by atoms with Crippen molar-refractivity contribution in [1.82, 2.24) is 0 Å². The van der Waals surface area contributed by atoms with Crippen molar-refractivity contribution in [3.05, 3.63) is 398 Å². The number of para-hydroxylation sites is 4. The average molecular weight is 1460 g/mol. The van der Waals surface area contributed by atoms with Gasteiger partial charge in [0.05, 0.1) is 17.1 Å². The van der Waals surface area contributed by atoms with E-state index in [1.165, 1.54) is 133 Å². The van der Waals surface area contributed by atoms with E-state index in [1.54, 1.807) is 0 Å². The summed E-state index contributed by atoms with van der Waals surface area (Å²) in [6.45, 7) is 0. The molecule has 0 atom stereocenters. The lowest BCUT2D eigenvalue weighted by Crippen LogP contribution is -2.20. The molecule has 17 aromatic carbocycles. The van der Waals surface area contributed by atoms with Gasteiger partial charge in [-0.2, -0.15) is 0 Å². The first-order valence-electron chi connectivity index (χ1n) is 40.6. The van der Waals surface area contributed by atoms with E-state index in [1.807, 2.05) is 0 Å². The second kappa shape index (κ2) is 26.4. The lowest BCUT2D eigenvalue weighted by molar-refractivity contribution is 0.550. The quantitative estimate of drug-likeness (QED) is 0.115. The van der Waals surface area contributed by atoms with E-state index in [2.05, 4.69) is 386 Å². The third-order valence-corrected chi connectivity index (χ3v) is 26.0. The van der Waals surface area contributed by atoms with Gasteiger partial charge in [0, 0.05) is 77.1 Å². The number of anilines is 6. The van der Waals surface area contributed by atoms with E-state index in [9.17, 15) is 0 Å². The fourth-order valence-corrected chi connectivity index (χ4v) is 20.9. The maximum Gasteiger partial charge on any atom is 0.143 e. The fourth-order valence-electron chi connectivity index (χ4n) is 20.9. The van der Waals surface area contributed by atoms with Gasteiger partial charge in [-0.1, -0.05) is 317 Å². The Hall–Kier alpha value is -13.8. The number of benzene rings is 17. The first-order valence-corrected chi connectivity index (χ1v) is 40.6. The molecule has 19 aromatic rings. The molecule has 2 spiro atoms. The first-order chi connectivity index (χ1) is 56.5. The van der Waals surface area contributed by atoms with Crippen LogP contribution in [-0.2, 0) is 10.8 Å². The zero-order valence-electron chi connectivity index (χ0n) is 63.2. The van der Waals surface area contributed by atoms with Gasteiger partial charge in [-0.25, -0.2) is 0 Å². The van der Waals surface area contributed by atoms with Crippen LogP contribution in [0, 0.1) is 0 Å². The van der Waals surface area contributed by atoms with Crippen molar-refractivity contribution in [3.8, 4) is 100 Å². The van der Waals surface area contributed by atoms with Crippen LogP contribution in [0.1, 0.15) is 73.6 Å². The molecule has 540 valence electrons. The number of fused-ring (bicyclic) bond motifs is 18. The third-order valence-electron chi connectivity index (χ3n) is 26.0. The molecular formula is C110H78N2O2. The summed E-state index contributed by atoms with van der Waals surface area (Å²) in [5.74, 6) is 0. The van der Waals surface area contributed by atoms with Crippen LogP contribution in [0.3, 0.4) is 0 Å². The molecule has 0 radical (unpaired) electrons. The van der Waals surface area contributed by atoms with Crippen molar-refractivity contribution < 1.29 is 8.83 Å². The van der Waals surface area contributed by atoms with Gasteiger partial charge in [-0.05, 0) is 216 Å². The molecule has 2 heterocycles. The molecule has 0 unspecified atom stereocenters. The van der Waals surface area contributed by atoms with Crippen molar-refractivity contribution in [2.24, 2.45) is 0 Å². The minimum Gasteiger partial charge on any atom is -0.455 e. The molecule has 114 heavy (non-hydrogen) atoms. The monoisotopic (exact) mass is 1460 g/mol. The Morgan fingerprint density at radius 1 is 0.219 bits per heavy atom. The van der Waals surface area contributed by atoms with Gasteiger partial charge >= 0.3 is 0 Å². The highest BCUT2D eigenvalue weighted by Crippen LogP contribution is 2.63. The summed E-state index contributed by atoms with van der Waals surface area (Å²) >= 11 is 0. The van der Waals surface area contributed by atoms with Gasteiger partial charge < -0.3 is 18.6 Å². The van der Waals surface area contributed by atoms with Gasteiger partial charge in [-0.15, -0.1) is 0 Å². The summed E-state index contributed by atoms with van der Waals surface area (Å²) in [5.41, 5.74) is 37.6. The molecule has 2 aromatic heterocycles. The Kier molecular flexibility index (Phi) is 15.3. The molecule has 0 N–H and O–H groups in total. The van der Waals surface area contributed by atoms with Crippen LogP contribution in [-0.4, -0.2) is 0 Å². The van der Waals surface area contributed by atoms with Gasteiger partial charge in [0.2, 0.25) is 0 Å². The Bertz CT molecular complexity index is 7030. The standard InChI is InChI=1S/C110H78N2O2/c1-3-25-71(26-4-1)73-47-56-79(57-48-73)111(99-43-14-10-31-84(99)88-36-22-41-97-104(88)92-34-9-13-40-95(92)109(97)65-17-18-66-109)80-60-51-76(52-61-80)83-35-21-39-91-87-62-54-78(70-103(87)114-107(83)91)77-55-64-96-94(69-77)105-89(37-23-42-98(105)110(96)67-19-20-68-110)85-32-11-15-44-100(85)112(81-58-49-74(50-59-81)72-27-5-2-6-28-72)101-45-16-12-33-86(101)90-38-24-46-102-106(90)93-63-53-75-29-7-8-30-82(75)108(93)113-102/h1-16,21-64,69-70H,17-20,65-68H2. The van der Waals surface area contributed by atoms with Crippen LogP contribution in [0.5, 0.6) is 0 Å². The average Bonchev–Trinajstić information content (AvgIpc) is 1.55. The van der Waals surface area contributed by atoms with E-state index in [0.717, 1.165) is 129 Å². The van der Waals surface area contributed by atoms with Crippen molar-refractivity contribution in [2.75, 3.05) is 9.80 Å². The highest BCUT2D eigenvalue weighted by atomic mass is 16.3. The molecule has 0 bridgehead atoms. The molecule has 4 aliphatic carbocycles. The van der Waals surface area contributed by atoms with E-state index in [0.29, 0.717) is 0 Å². The molecular weight excluding hydrogens is 1380 g/mol. The molecule has 4 heteroatoms. The Balaban J connectivity index is 0.624. The highest BCUT2D eigenvalue weighted by molar-refractivity contribution is 6.20. The third kappa shape index (κ3) is 10.3. The van der Waals surface area contributed by atoms with Crippen LogP contribution >= 0.6 is 0 Å². The predicted molar refractivity (Wildman–Crippen MR) is 475 cm³/mol. The lowest BCUT2D eigenvalue weighted by atomic mass is 9.76. The number of furan rings is 2. The summed E-state index contributed by atoms with van der Waals surface area (Å²) in [6, 6.07) is 140. The Morgan fingerprint density at radius 2 is 0.632 bits per heavy atom. The largest absolute Gasteiger partial charge is 0.455 e. The van der Waals surface area contributed by atoms with Crippen molar-refractivity contribution in [2.45, 2.75) is 62.2 Å². The van der Waals surface area contributed by atoms with Crippen LogP contribution < -0.4 is 9.80 Å². The number of hydrogen-bond acceptors (Lipinski definition) is 4. The van der Waals surface area contributed by atoms with Crippen molar-refractivity contribution in [3.63, 3.8) is 0 Å². The second-order valence-electron chi connectivity index (χ2n) is 31.9. The lowest BCUT2D eigenvalue weighted by Gasteiger charge is -2.31. The summed E-state index contributed by atoms with van der Waals surface area (Å²) in [7, 11) is 0. The summed E-state index contributed by atoms with van der Waals surface area (Å²) in [4.78, 5) is 4.97. The maximum atomic E-state index is 7.23. The highest BCUT2D eigenvalue weighted by Gasteiger charge is 2.48. The first kappa shape index (κ1) is 66.0. The predicted octanol–water partition coefficient (Wildman–Crippen LogP) is 30.9. The van der Waals surface area contributed by atoms with Crippen molar-refractivity contribution >= 4 is 88.8 Å². The SMILES string of the molecule is c1ccc(-c2ccc(N(c3ccc(-c4cccc5c4oc4cc(-c6ccc7c(c6)-c6c(-c8ccccc8N(c8ccc(-c9ccccc9)cc8)c8ccccc8-c8cccc9oc%10c%11ccccc%11ccc%10c89)cccc6C76CCCC6)ccc45)cc3)c3ccccc3-c3cccc4c3-c3ccccc3C43CCCC3)cc2)cc1. The zero-order chi connectivity index (χ0) is 75.0. The fraction of sp³-hybridized carbons (Fsp3) is 0.0909. The smallest absolute Gasteiger partial charge is 0.143 e. The molecule has 0 saturated heterocycles. The van der Waals surface area contributed by atoms with E-state index in [-0.39, 0.29) is 10.8 Å². The molecule has 2 fully saturated rings. The molecule has 0 amide bonds. The van der Waals surface area contributed by atoms with Gasteiger partial charge in [0.25, 0.3) is 0 Å². The van der Waals surface area contributed by atoms with Crippen LogP contribution in [0.4, 0.5) is 34.1 Å². The van der Waals surface area contributed by atoms with Crippen LogP contribution in [0.25, 0.3) is 155 Å². The van der Waals surface area contributed by atoms with Gasteiger partial charge in [0.1, 0.15) is 22.3 Å². The second-order valence-corrected chi connectivity index (χ2v) is 31.9. The minimum absolute atomic E-state index is 0.0628. The number of nitrogens with zero attached hydrogens (tertiary/aromatic N) is 2. The number of hydrogen-bond donors (Lipinski definition) is 0. The molecule has 0 aliphatic heterocycles. The minimum atomic E-state index is -0.0896. The summed E-state index contributed by atoms with van der Waals surface area (Å²) < 4.78 is 14.1. The van der Waals surface area contributed by atoms with E-state index >= 15 is 0 Å². The van der Waals surface area contributed by atoms with E-state index in [4.69, 9.17) is 8.83 Å². The normalized spacial score (nSPS) is 14.2. The van der Waals surface area contributed by atoms with Crippen molar-refractivity contribution in [1.29, 1.82) is 0 Å². The zero-order valence-corrected chi connectivity index (χ0v) is 63.2. The molecule has 2 saturated carbocycles. The van der Waals surface area contributed by atoms with E-state index < -0.39 is 0 Å². The van der Waals surface area contributed by atoms with Gasteiger partial charge in [0.15, 0.2) is 0 Å². The number of rotatable bonds is 13. The maximum absolute atomic E-state index is 7.23. The van der Waals surface area contributed by atoms with Crippen LogP contribution in [0.2, 0.25) is 0 Å². The molecule has 4 nitrogen and oxygen atoms in total. The molecule has 4 aliphatic rings. The Labute approximate surface area is 663 Å². The van der Waals surface area contributed by atoms with Gasteiger partial charge in [-0.3, -0.25) is 0 Å². The Morgan fingerprint density at radius 3 is 1.26 bits per heavy atom. The van der Waals surface area contributed by atoms with Crippen LogP contribution in [0.15, 0.2) is 385 Å².